The third-order valence-electron chi connectivity index (χ3n) is 3.57. The molecule has 0 aliphatic rings. The third kappa shape index (κ3) is 6.25. The molecule has 0 aromatic heterocycles. The zero-order valence-corrected chi connectivity index (χ0v) is 12.9. The van der Waals surface area contributed by atoms with Crippen LogP contribution in [-0.2, 0) is 11.3 Å². The van der Waals surface area contributed by atoms with Gasteiger partial charge in [-0.05, 0) is 24.0 Å². The molecule has 1 atom stereocenters. The van der Waals surface area contributed by atoms with E-state index in [2.05, 4.69) is 36.4 Å². The van der Waals surface area contributed by atoms with Crippen molar-refractivity contribution in [2.75, 3.05) is 13.2 Å². The number of rotatable bonds is 9. The van der Waals surface area contributed by atoms with Gasteiger partial charge in [-0.15, -0.1) is 0 Å². The van der Waals surface area contributed by atoms with Gasteiger partial charge in [0.2, 0.25) is 0 Å². The zero-order valence-electron chi connectivity index (χ0n) is 12.9. The Morgan fingerprint density at radius 1 is 0.955 bits per heavy atom. The highest BCUT2D eigenvalue weighted by Gasteiger charge is 2.03. The smallest absolute Gasteiger partial charge is 0.0716 e. The first-order chi connectivity index (χ1) is 10.9. The van der Waals surface area contributed by atoms with Crippen LogP contribution >= 0.6 is 0 Å². The number of aliphatic hydroxyl groups excluding tert-OH is 1. The Kier molecular flexibility index (Phi) is 7.44. The van der Waals surface area contributed by atoms with Crippen LogP contribution in [0.15, 0.2) is 66.7 Å². The molecule has 2 nitrogen and oxygen atoms in total. The molecule has 22 heavy (non-hydrogen) atoms. The van der Waals surface area contributed by atoms with Crippen LogP contribution in [-0.4, -0.2) is 18.3 Å². The molecule has 0 amide bonds. The summed E-state index contributed by atoms with van der Waals surface area (Å²) in [6.45, 7) is 1.57. The summed E-state index contributed by atoms with van der Waals surface area (Å²) in [6, 6.07) is 20.4. The van der Waals surface area contributed by atoms with Crippen LogP contribution in [0.3, 0.4) is 0 Å². The molecule has 0 aliphatic carbocycles. The summed E-state index contributed by atoms with van der Waals surface area (Å²) in [6.07, 6.45) is 6.06. The predicted molar refractivity (Wildman–Crippen MR) is 91.4 cm³/mol. The summed E-state index contributed by atoms with van der Waals surface area (Å²) in [5.74, 6) is 0.195. The van der Waals surface area contributed by atoms with Gasteiger partial charge in [-0.3, -0.25) is 0 Å². The molecule has 2 rings (SSSR count). The van der Waals surface area contributed by atoms with Crippen molar-refractivity contribution in [3.05, 3.63) is 77.9 Å². The van der Waals surface area contributed by atoms with Gasteiger partial charge < -0.3 is 9.84 Å². The molecule has 2 aromatic carbocycles. The highest BCUT2D eigenvalue weighted by Crippen LogP contribution is 2.11. The molecule has 2 heteroatoms. The molecule has 0 radical (unpaired) electrons. The van der Waals surface area contributed by atoms with Gasteiger partial charge in [-0.25, -0.2) is 0 Å². The minimum absolute atomic E-state index is 0.183. The topological polar surface area (TPSA) is 29.5 Å². The van der Waals surface area contributed by atoms with Crippen molar-refractivity contribution in [1.29, 1.82) is 0 Å². The van der Waals surface area contributed by atoms with Crippen LogP contribution in [0.1, 0.15) is 24.0 Å². The van der Waals surface area contributed by atoms with Crippen LogP contribution in [0.4, 0.5) is 0 Å². The molecule has 2 aromatic rings. The lowest BCUT2D eigenvalue weighted by Crippen LogP contribution is -2.05. The predicted octanol–water partition coefficient (Wildman–Crippen LogP) is 4.31. The molecule has 116 valence electrons. The first-order valence-electron chi connectivity index (χ1n) is 7.84. The number of ether oxygens (including phenoxy) is 1. The Bertz CT molecular complexity index is 534. The molecule has 0 saturated heterocycles. The maximum absolute atomic E-state index is 9.45. The van der Waals surface area contributed by atoms with Gasteiger partial charge in [0.25, 0.3) is 0 Å². The maximum atomic E-state index is 9.45. The molecular weight excluding hydrogens is 272 g/mol. The quantitative estimate of drug-likeness (QED) is 0.699. The fourth-order valence-electron chi connectivity index (χ4n) is 2.27. The van der Waals surface area contributed by atoms with E-state index in [1.54, 1.807) is 0 Å². The Balaban J connectivity index is 1.65. The van der Waals surface area contributed by atoms with E-state index < -0.39 is 0 Å². The van der Waals surface area contributed by atoms with Crippen LogP contribution in [0.5, 0.6) is 0 Å². The summed E-state index contributed by atoms with van der Waals surface area (Å²) in [5.41, 5.74) is 2.37. The van der Waals surface area contributed by atoms with Crippen molar-refractivity contribution in [2.45, 2.75) is 19.4 Å². The summed E-state index contributed by atoms with van der Waals surface area (Å²) in [7, 11) is 0. The van der Waals surface area contributed by atoms with Crippen molar-refractivity contribution in [1.82, 2.24) is 0 Å². The molecule has 0 saturated carbocycles. The van der Waals surface area contributed by atoms with Crippen molar-refractivity contribution in [2.24, 2.45) is 5.92 Å². The second kappa shape index (κ2) is 9.93. The second-order valence-corrected chi connectivity index (χ2v) is 5.39. The van der Waals surface area contributed by atoms with E-state index in [0.29, 0.717) is 6.61 Å². The van der Waals surface area contributed by atoms with Gasteiger partial charge in [-0.1, -0.05) is 72.8 Å². The SMILES string of the molecule is OC[C@@H](/C=C/c1ccccc1)CCCOCc1ccccc1. The molecule has 0 unspecified atom stereocenters. The summed E-state index contributed by atoms with van der Waals surface area (Å²) in [4.78, 5) is 0. The summed E-state index contributed by atoms with van der Waals surface area (Å²) < 4.78 is 5.67. The van der Waals surface area contributed by atoms with Gasteiger partial charge in [0, 0.05) is 19.1 Å². The Labute approximate surface area is 133 Å². The van der Waals surface area contributed by atoms with E-state index in [1.165, 1.54) is 11.1 Å². The largest absolute Gasteiger partial charge is 0.396 e. The summed E-state index contributed by atoms with van der Waals surface area (Å²) >= 11 is 0. The second-order valence-electron chi connectivity index (χ2n) is 5.39. The van der Waals surface area contributed by atoms with Crippen LogP contribution < -0.4 is 0 Å². The molecule has 0 heterocycles. The normalized spacial score (nSPS) is 12.6. The standard InChI is InChI=1S/C20H24O2/c21-16-19(14-13-18-8-3-1-4-9-18)12-7-15-22-17-20-10-5-2-6-11-20/h1-6,8-11,13-14,19,21H,7,12,15-17H2/b14-13+/t19-/m1/s1. The lowest BCUT2D eigenvalue weighted by Gasteiger charge is -2.10. The van der Waals surface area contributed by atoms with E-state index in [4.69, 9.17) is 4.74 Å². The molecular formula is C20H24O2. The molecule has 1 N–H and O–H groups in total. The highest BCUT2D eigenvalue weighted by atomic mass is 16.5. The average Bonchev–Trinajstić information content (AvgIpc) is 2.59. The monoisotopic (exact) mass is 296 g/mol. The summed E-state index contributed by atoms with van der Waals surface area (Å²) in [5, 5.41) is 9.45. The van der Waals surface area contributed by atoms with Crippen LogP contribution in [0.25, 0.3) is 6.08 Å². The first kappa shape index (κ1) is 16.5. The van der Waals surface area contributed by atoms with E-state index in [1.807, 2.05) is 36.4 Å². The zero-order chi connectivity index (χ0) is 15.5. The van der Waals surface area contributed by atoms with Crippen molar-refractivity contribution < 1.29 is 9.84 Å². The lowest BCUT2D eigenvalue weighted by atomic mass is 10.0. The van der Waals surface area contributed by atoms with E-state index in [9.17, 15) is 5.11 Å². The number of aliphatic hydroxyl groups is 1. The number of hydrogen-bond acceptors (Lipinski definition) is 2. The van der Waals surface area contributed by atoms with Crippen molar-refractivity contribution in [3.63, 3.8) is 0 Å². The molecule has 0 aliphatic heterocycles. The van der Waals surface area contributed by atoms with Gasteiger partial charge in [-0.2, -0.15) is 0 Å². The van der Waals surface area contributed by atoms with Gasteiger partial charge in [0.1, 0.15) is 0 Å². The van der Waals surface area contributed by atoms with Crippen molar-refractivity contribution >= 4 is 6.08 Å². The Morgan fingerprint density at radius 2 is 1.64 bits per heavy atom. The Morgan fingerprint density at radius 3 is 2.32 bits per heavy atom. The minimum Gasteiger partial charge on any atom is -0.396 e. The maximum Gasteiger partial charge on any atom is 0.0716 e. The van der Waals surface area contributed by atoms with Crippen molar-refractivity contribution in [3.8, 4) is 0 Å². The highest BCUT2D eigenvalue weighted by molar-refractivity contribution is 5.48. The van der Waals surface area contributed by atoms with Gasteiger partial charge in [0.05, 0.1) is 6.61 Å². The van der Waals surface area contributed by atoms with E-state index in [-0.39, 0.29) is 12.5 Å². The van der Waals surface area contributed by atoms with Gasteiger partial charge >= 0.3 is 0 Å². The van der Waals surface area contributed by atoms with Gasteiger partial charge in [0.15, 0.2) is 0 Å². The molecule has 0 bridgehead atoms. The fraction of sp³-hybridized carbons (Fsp3) is 0.300. The lowest BCUT2D eigenvalue weighted by molar-refractivity contribution is 0.112. The Hall–Kier alpha value is -1.90. The molecule has 0 spiro atoms. The van der Waals surface area contributed by atoms with Crippen LogP contribution in [0, 0.1) is 5.92 Å². The average molecular weight is 296 g/mol. The minimum atomic E-state index is 0.183. The van der Waals surface area contributed by atoms with Crippen LogP contribution in [0.2, 0.25) is 0 Å². The van der Waals surface area contributed by atoms with E-state index in [0.717, 1.165) is 19.4 Å². The first-order valence-corrected chi connectivity index (χ1v) is 7.84. The fourth-order valence-corrected chi connectivity index (χ4v) is 2.27. The van der Waals surface area contributed by atoms with E-state index >= 15 is 0 Å². The third-order valence-corrected chi connectivity index (χ3v) is 3.57. The number of benzene rings is 2. The number of hydrogen-bond donors (Lipinski definition) is 1. The molecule has 0 fully saturated rings.